The predicted molar refractivity (Wildman–Crippen MR) is 98.9 cm³/mol. The lowest BCUT2D eigenvalue weighted by atomic mass is 10.2. The van der Waals surface area contributed by atoms with E-state index in [1.807, 2.05) is 0 Å². The lowest BCUT2D eigenvalue weighted by Crippen LogP contribution is -2.25. The number of pyridine rings is 1. The molecule has 2 aromatic heterocycles. The molecule has 162 valence electrons. The average molecular weight is 446 g/mol. The number of H-pyrrole nitrogens is 1. The van der Waals surface area contributed by atoms with Crippen molar-refractivity contribution < 1.29 is 35.8 Å². The van der Waals surface area contributed by atoms with Gasteiger partial charge in [-0.15, -0.1) is 13.2 Å². The highest BCUT2D eigenvalue weighted by Crippen LogP contribution is 2.33. The van der Waals surface area contributed by atoms with E-state index in [-0.39, 0.29) is 29.0 Å². The van der Waals surface area contributed by atoms with E-state index >= 15 is 0 Å². The van der Waals surface area contributed by atoms with Crippen molar-refractivity contribution in [1.82, 2.24) is 19.7 Å². The number of halogens is 3. The Hall–Kier alpha value is -3.06. The number of aryl methyl sites for hydroxylation is 1. The fourth-order valence-electron chi connectivity index (χ4n) is 2.71. The van der Waals surface area contributed by atoms with Crippen LogP contribution in [0, 0.1) is 6.92 Å². The first-order valence-corrected chi connectivity index (χ1v) is 9.84. The molecule has 0 saturated carbocycles. The summed E-state index contributed by atoms with van der Waals surface area (Å²) in [6, 6.07) is 3.25. The van der Waals surface area contributed by atoms with Crippen molar-refractivity contribution in [1.29, 1.82) is 0 Å². The zero-order valence-electron chi connectivity index (χ0n) is 16.0. The van der Waals surface area contributed by atoms with Gasteiger partial charge in [-0.25, -0.2) is 18.1 Å². The van der Waals surface area contributed by atoms with Crippen molar-refractivity contribution in [3.05, 3.63) is 35.7 Å². The summed E-state index contributed by atoms with van der Waals surface area (Å²) in [5.74, 6) is 0.192. The van der Waals surface area contributed by atoms with Crippen LogP contribution in [0.4, 0.5) is 13.2 Å². The molecule has 0 aliphatic heterocycles. The molecule has 0 amide bonds. The quantitative estimate of drug-likeness (QED) is 0.573. The van der Waals surface area contributed by atoms with Gasteiger partial charge in [0, 0.05) is 17.8 Å². The molecule has 0 fully saturated rings. The van der Waals surface area contributed by atoms with E-state index in [0.717, 1.165) is 12.1 Å². The van der Waals surface area contributed by atoms with Crippen LogP contribution in [-0.2, 0) is 16.6 Å². The van der Waals surface area contributed by atoms with E-state index in [9.17, 15) is 21.6 Å². The van der Waals surface area contributed by atoms with Gasteiger partial charge in [0.05, 0.1) is 31.8 Å². The maximum absolute atomic E-state index is 12.6. The molecular weight excluding hydrogens is 429 g/mol. The van der Waals surface area contributed by atoms with Crippen LogP contribution in [0.2, 0.25) is 0 Å². The zero-order valence-corrected chi connectivity index (χ0v) is 16.8. The molecule has 9 nitrogen and oxygen atoms in total. The number of benzene rings is 1. The number of aromatic nitrogens is 3. The Morgan fingerprint density at radius 1 is 1.17 bits per heavy atom. The van der Waals surface area contributed by atoms with Gasteiger partial charge in [0.2, 0.25) is 5.16 Å². The van der Waals surface area contributed by atoms with Crippen LogP contribution >= 0.6 is 0 Å². The van der Waals surface area contributed by atoms with Gasteiger partial charge in [0.15, 0.2) is 11.5 Å². The minimum atomic E-state index is -4.87. The van der Waals surface area contributed by atoms with E-state index in [0.29, 0.717) is 11.3 Å². The standard InChI is InChI=1S/C17H17F3N4O5S/c1-9-7-21-13(15(28-3)14(9)27-2)8-22-30(25,26)16-23-11-5-4-10(6-12(11)24-16)29-17(18,19)20/h4-7,22H,8H2,1-3H3,(H,23,24). The molecule has 0 atom stereocenters. The number of nitrogens with zero attached hydrogens (tertiary/aromatic N) is 2. The van der Waals surface area contributed by atoms with Crippen LogP contribution in [0.1, 0.15) is 11.3 Å². The minimum absolute atomic E-state index is 0.0600. The van der Waals surface area contributed by atoms with Crippen molar-refractivity contribution in [3.8, 4) is 17.2 Å². The third-order valence-corrected chi connectivity index (χ3v) is 5.22. The molecule has 0 aliphatic rings. The van der Waals surface area contributed by atoms with E-state index < -0.39 is 27.3 Å². The molecule has 0 spiro atoms. The van der Waals surface area contributed by atoms with Crippen molar-refractivity contribution in [2.75, 3.05) is 14.2 Å². The van der Waals surface area contributed by atoms with Crippen LogP contribution in [0.5, 0.6) is 17.2 Å². The second-order valence-electron chi connectivity index (χ2n) is 6.05. The van der Waals surface area contributed by atoms with E-state index in [1.165, 1.54) is 26.5 Å². The summed E-state index contributed by atoms with van der Waals surface area (Å²) in [7, 11) is -1.29. The number of imidazole rings is 1. The van der Waals surface area contributed by atoms with Gasteiger partial charge in [-0.2, -0.15) is 0 Å². The van der Waals surface area contributed by atoms with Crippen LogP contribution in [0.15, 0.2) is 29.6 Å². The summed E-state index contributed by atoms with van der Waals surface area (Å²) in [6.07, 6.45) is -3.36. The van der Waals surface area contributed by atoms with Gasteiger partial charge in [0.25, 0.3) is 10.0 Å². The molecule has 13 heteroatoms. The third kappa shape index (κ3) is 4.57. The van der Waals surface area contributed by atoms with Gasteiger partial charge >= 0.3 is 6.36 Å². The number of sulfonamides is 1. The Morgan fingerprint density at radius 2 is 1.87 bits per heavy atom. The highest BCUT2D eigenvalue weighted by atomic mass is 32.2. The van der Waals surface area contributed by atoms with Crippen LogP contribution < -0.4 is 18.9 Å². The number of aromatic amines is 1. The number of hydrogen-bond acceptors (Lipinski definition) is 7. The van der Waals surface area contributed by atoms with Gasteiger partial charge in [-0.1, -0.05) is 0 Å². The fourth-order valence-corrected chi connectivity index (χ4v) is 3.64. The molecule has 0 unspecified atom stereocenters. The largest absolute Gasteiger partial charge is 0.573 e. The molecule has 1 aromatic carbocycles. The topological polar surface area (TPSA) is 115 Å². The van der Waals surface area contributed by atoms with E-state index in [2.05, 4.69) is 24.4 Å². The Morgan fingerprint density at radius 3 is 2.50 bits per heavy atom. The Bertz CT molecular complexity index is 1180. The number of hydrogen-bond donors (Lipinski definition) is 2. The molecular formula is C17H17F3N4O5S. The highest BCUT2D eigenvalue weighted by Gasteiger charge is 2.31. The second-order valence-corrected chi connectivity index (χ2v) is 7.73. The normalized spacial score (nSPS) is 12.2. The summed E-state index contributed by atoms with van der Waals surface area (Å²) in [5, 5.41) is -0.472. The molecule has 2 N–H and O–H groups in total. The number of alkyl halides is 3. The van der Waals surface area contributed by atoms with Crippen molar-refractivity contribution in [3.63, 3.8) is 0 Å². The summed E-state index contributed by atoms with van der Waals surface area (Å²) >= 11 is 0. The number of fused-ring (bicyclic) bond motifs is 1. The average Bonchev–Trinajstić information content (AvgIpc) is 3.09. The number of ether oxygens (including phenoxy) is 3. The summed E-state index contributed by atoms with van der Waals surface area (Å²) in [6.45, 7) is 1.52. The molecule has 3 rings (SSSR count). The zero-order chi connectivity index (χ0) is 22.1. The molecule has 0 saturated heterocycles. The van der Waals surface area contributed by atoms with E-state index in [1.54, 1.807) is 6.92 Å². The van der Waals surface area contributed by atoms with Crippen molar-refractivity contribution in [2.45, 2.75) is 25.0 Å². The van der Waals surface area contributed by atoms with Crippen LogP contribution in [0.25, 0.3) is 11.0 Å². The first-order chi connectivity index (χ1) is 14.0. The third-order valence-electron chi connectivity index (χ3n) is 4.00. The Kier molecular flexibility index (Phi) is 5.76. The highest BCUT2D eigenvalue weighted by molar-refractivity contribution is 7.89. The van der Waals surface area contributed by atoms with Gasteiger partial charge < -0.3 is 19.2 Å². The second kappa shape index (κ2) is 7.99. The molecule has 30 heavy (non-hydrogen) atoms. The van der Waals surface area contributed by atoms with E-state index in [4.69, 9.17) is 9.47 Å². The maximum atomic E-state index is 12.6. The fraction of sp³-hybridized carbons (Fsp3) is 0.294. The number of rotatable bonds is 7. The summed E-state index contributed by atoms with van der Waals surface area (Å²) in [5.41, 5.74) is 1.19. The van der Waals surface area contributed by atoms with Gasteiger partial charge in [-0.05, 0) is 19.1 Å². The number of methoxy groups -OCH3 is 2. The summed E-state index contributed by atoms with van der Waals surface area (Å²) < 4.78 is 78.9. The predicted octanol–water partition coefficient (Wildman–Crippen LogP) is 2.66. The van der Waals surface area contributed by atoms with Crippen LogP contribution in [-0.4, -0.2) is 44.0 Å². The summed E-state index contributed by atoms with van der Waals surface area (Å²) in [4.78, 5) is 10.5. The van der Waals surface area contributed by atoms with Crippen molar-refractivity contribution >= 4 is 21.1 Å². The SMILES string of the molecule is COc1c(C)cnc(CNS(=O)(=O)c2nc3ccc(OC(F)(F)F)cc3[nH]2)c1OC. The van der Waals surface area contributed by atoms with Crippen LogP contribution in [0.3, 0.4) is 0 Å². The van der Waals surface area contributed by atoms with Gasteiger partial charge in [0.1, 0.15) is 11.4 Å². The van der Waals surface area contributed by atoms with Gasteiger partial charge in [-0.3, -0.25) is 4.98 Å². The lowest BCUT2D eigenvalue weighted by Gasteiger charge is -2.14. The van der Waals surface area contributed by atoms with Crippen molar-refractivity contribution in [2.24, 2.45) is 0 Å². The molecule has 0 aliphatic carbocycles. The molecule has 2 heterocycles. The molecule has 0 bridgehead atoms. The maximum Gasteiger partial charge on any atom is 0.573 e. The first kappa shape index (κ1) is 21.6. The monoisotopic (exact) mass is 446 g/mol. The Balaban J connectivity index is 1.85. The molecule has 3 aromatic rings. The first-order valence-electron chi connectivity index (χ1n) is 8.35. The molecule has 0 radical (unpaired) electrons. The lowest BCUT2D eigenvalue weighted by molar-refractivity contribution is -0.274. The Labute approximate surface area is 169 Å². The minimum Gasteiger partial charge on any atom is -0.492 e. The number of nitrogens with one attached hydrogen (secondary N) is 2. The smallest absolute Gasteiger partial charge is 0.492 e.